The Hall–Kier alpha value is -1.64. The average Bonchev–Trinajstić information content (AvgIpc) is 2.54. The van der Waals surface area contributed by atoms with Gasteiger partial charge in [-0.25, -0.2) is 0 Å². The summed E-state index contributed by atoms with van der Waals surface area (Å²) in [7, 11) is 0. The number of hydrogen-bond donors (Lipinski definition) is 1. The summed E-state index contributed by atoms with van der Waals surface area (Å²) in [6.45, 7) is 6.31. The molecule has 0 atom stereocenters. The Balaban J connectivity index is 2.64. The van der Waals surface area contributed by atoms with E-state index in [1.165, 1.54) is 22.3 Å². The largest absolute Gasteiger partial charge is 0.197 e. The molecule has 1 heterocycles. The summed E-state index contributed by atoms with van der Waals surface area (Å²) in [5, 5.41) is 10.6. The van der Waals surface area contributed by atoms with Crippen molar-refractivity contribution in [2.75, 3.05) is 0 Å². The van der Waals surface area contributed by atoms with Crippen molar-refractivity contribution in [3.8, 4) is 11.3 Å². The van der Waals surface area contributed by atoms with E-state index in [1.54, 1.807) is 6.20 Å². The highest BCUT2D eigenvalue weighted by Crippen LogP contribution is 2.25. The second-order valence-electron chi connectivity index (χ2n) is 3.63. The van der Waals surface area contributed by atoms with Gasteiger partial charge in [0.25, 0.3) is 0 Å². The summed E-state index contributed by atoms with van der Waals surface area (Å²) in [5.74, 6) is 0. The molecular formula is C11H13N3. The van der Waals surface area contributed by atoms with Crippen LogP contribution in [0, 0.1) is 20.8 Å². The molecule has 0 spiro atoms. The molecule has 0 radical (unpaired) electrons. The number of nitrogens with one attached hydrogen (secondary N) is 1. The molecule has 0 aliphatic carbocycles. The van der Waals surface area contributed by atoms with Gasteiger partial charge >= 0.3 is 0 Å². The van der Waals surface area contributed by atoms with Crippen molar-refractivity contribution in [2.24, 2.45) is 0 Å². The van der Waals surface area contributed by atoms with Crippen LogP contribution in [0.3, 0.4) is 0 Å². The van der Waals surface area contributed by atoms with Crippen LogP contribution in [-0.2, 0) is 0 Å². The Kier molecular flexibility index (Phi) is 2.08. The van der Waals surface area contributed by atoms with Gasteiger partial charge in [0.15, 0.2) is 0 Å². The molecule has 0 amide bonds. The van der Waals surface area contributed by atoms with Crippen molar-refractivity contribution in [1.82, 2.24) is 15.4 Å². The van der Waals surface area contributed by atoms with Gasteiger partial charge in [-0.3, -0.25) is 0 Å². The second kappa shape index (κ2) is 3.25. The Labute approximate surface area is 83.2 Å². The number of aromatic nitrogens is 3. The molecule has 2 rings (SSSR count). The molecular weight excluding hydrogens is 174 g/mol. The van der Waals surface area contributed by atoms with Crippen molar-refractivity contribution in [3.05, 3.63) is 35.0 Å². The van der Waals surface area contributed by atoms with Gasteiger partial charge in [-0.2, -0.15) is 15.4 Å². The van der Waals surface area contributed by atoms with Crippen LogP contribution in [0.4, 0.5) is 0 Å². The normalized spacial score (nSPS) is 10.5. The van der Waals surface area contributed by atoms with Gasteiger partial charge < -0.3 is 0 Å². The first kappa shape index (κ1) is 8.94. The van der Waals surface area contributed by atoms with Crippen molar-refractivity contribution >= 4 is 0 Å². The van der Waals surface area contributed by atoms with Crippen LogP contribution in [0.1, 0.15) is 16.7 Å². The minimum absolute atomic E-state index is 0.917. The fraction of sp³-hybridized carbons (Fsp3) is 0.273. The van der Waals surface area contributed by atoms with E-state index in [1.807, 2.05) is 0 Å². The zero-order chi connectivity index (χ0) is 10.1. The summed E-state index contributed by atoms with van der Waals surface area (Å²) < 4.78 is 0. The van der Waals surface area contributed by atoms with Gasteiger partial charge in [-0.15, -0.1) is 0 Å². The molecule has 0 saturated heterocycles. The Bertz CT molecular complexity index is 421. The number of aryl methyl sites for hydroxylation is 3. The molecule has 14 heavy (non-hydrogen) atoms. The van der Waals surface area contributed by atoms with E-state index in [4.69, 9.17) is 0 Å². The molecule has 3 nitrogen and oxygen atoms in total. The highest BCUT2D eigenvalue weighted by atomic mass is 15.3. The molecule has 0 aliphatic heterocycles. The Morgan fingerprint density at radius 2 is 1.71 bits per heavy atom. The van der Waals surface area contributed by atoms with Gasteiger partial charge in [0.2, 0.25) is 0 Å². The summed E-state index contributed by atoms with van der Waals surface area (Å²) in [4.78, 5) is 0. The van der Waals surface area contributed by atoms with Crippen LogP contribution < -0.4 is 0 Å². The molecule has 1 aromatic carbocycles. The summed E-state index contributed by atoms with van der Waals surface area (Å²) in [5.41, 5.74) is 5.88. The lowest BCUT2D eigenvalue weighted by molar-refractivity contribution is 0.941. The first-order valence-electron chi connectivity index (χ1n) is 4.62. The first-order valence-corrected chi connectivity index (χ1v) is 4.62. The van der Waals surface area contributed by atoms with Crippen molar-refractivity contribution < 1.29 is 0 Å². The summed E-state index contributed by atoms with van der Waals surface area (Å²) >= 11 is 0. The van der Waals surface area contributed by atoms with E-state index in [2.05, 4.69) is 48.3 Å². The fourth-order valence-electron chi connectivity index (χ4n) is 1.91. The second-order valence-corrected chi connectivity index (χ2v) is 3.63. The number of hydrogen-bond acceptors (Lipinski definition) is 2. The Morgan fingerprint density at radius 3 is 2.21 bits per heavy atom. The van der Waals surface area contributed by atoms with Crippen molar-refractivity contribution in [2.45, 2.75) is 20.8 Å². The van der Waals surface area contributed by atoms with Crippen molar-refractivity contribution in [1.29, 1.82) is 0 Å². The van der Waals surface area contributed by atoms with E-state index in [9.17, 15) is 0 Å². The molecule has 72 valence electrons. The van der Waals surface area contributed by atoms with E-state index >= 15 is 0 Å². The number of rotatable bonds is 1. The van der Waals surface area contributed by atoms with Crippen molar-refractivity contribution in [3.63, 3.8) is 0 Å². The maximum absolute atomic E-state index is 4.10. The predicted molar refractivity (Wildman–Crippen MR) is 56.0 cm³/mol. The third kappa shape index (κ3) is 1.41. The van der Waals surface area contributed by atoms with Crippen LogP contribution in [0.25, 0.3) is 11.3 Å². The van der Waals surface area contributed by atoms with Gasteiger partial charge in [-0.1, -0.05) is 17.7 Å². The minimum Gasteiger partial charge on any atom is -0.197 e. The smallest absolute Gasteiger partial charge is 0.113 e. The lowest BCUT2D eigenvalue weighted by Crippen LogP contribution is -1.90. The molecule has 2 aromatic rings. The van der Waals surface area contributed by atoms with E-state index in [0.717, 1.165) is 5.69 Å². The standard InChI is InChI=1S/C11H13N3/c1-7-4-8(2)11(9(3)5-7)10-6-12-14-13-10/h4-6H,1-3H3,(H,12,13,14). The molecule has 0 unspecified atom stereocenters. The maximum Gasteiger partial charge on any atom is 0.113 e. The lowest BCUT2D eigenvalue weighted by atomic mass is 9.98. The van der Waals surface area contributed by atoms with Crippen LogP contribution in [-0.4, -0.2) is 15.4 Å². The monoisotopic (exact) mass is 187 g/mol. The van der Waals surface area contributed by atoms with Crippen LogP contribution in [0.15, 0.2) is 18.3 Å². The zero-order valence-corrected chi connectivity index (χ0v) is 8.63. The third-order valence-corrected chi connectivity index (χ3v) is 2.35. The first-order chi connectivity index (χ1) is 6.68. The topological polar surface area (TPSA) is 41.6 Å². The van der Waals surface area contributed by atoms with Gasteiger partial charge in [0.1, 0.15) is 5.69 Å². The molecule has 0 saturated carbocycles. The lowest BCUT2D eigenvalue weighted by Gasteiger charge is -2.07. The molecule has 3 heteroatoms. The SMILES string of the molecule is Cc1cc(C)c(-c2cn[nH]n2)c(C)c1. The number of benzene rings is 1. The Morgan fingerprint density at radius 1 is 1.07 bits per heavy atom. The predicted octanol–water partition coefficient (Wildman–Crippen LogP) is 2.40. The fourth-order valence-corrected chi connectivity index (χ4v) is 1.91. The quantitative estimate of drug-likeness (QED) is 0.744. The molecule has 0 fully saturated rings. The third-order valence-electron chi connectivity index (χ3n) is 2.35. The van der Waals surface area contributed by atoms with Crippen LogP contribution >= 0.6 is 0 Å². The number of nitrogens with zero attached hydrogens (tertiary/aromatic N) is 2. The highest BCUT2D eigenvalue weighted by Gasteiger charge is 2.08. The van der Waals surface area contributed by atoms with E-state index in [0.29, 0.717) is 0 Å². The molecule has 1 aromatic heterocycles. The summed E-state index contributed by atoms with van der Waals surface area (Å²) in [6, 6.07) is 4.33. The molecule has 1 N–H and O–H groups in total. The van der Waals surface area contributed by atoms with Gasteiger partial charge in [-0.05, 0) is 31.9 Å². The highest BCUT2D eigenvalue weighted by molar-refractivity contribution is 5.67. The minimum atomic E-state index is 0.917. The number of aromatic amines is 1. The van der Waals surface area contributed by atoms with Gasteiger partial charge in [0.05, 0.1) is 6.20 Å². The van der Waals surface area contributed by atoms with Crippen LogP contribution in [0.5, 0.6) is 0 Å². The van der Waals surface area contributed by atoms with Gasteiger partial charge in [0, 0.05) is 5.56 Å². The van der Waals surface area contributed by atoms with E-state index in [-0.39, 0.29) is 0 Å². The van der Waals surface area contributed by atoms with Crippen LogP contribution in [0.2, 0.25) is 0 Å². The number of H-pyrrole nitrogens is 1. The zero-order valence-electron chi connectivity index (χ0n) is 8.63. The average molecular weight is 187 g/mol. The van der Waals surface area contributed by atoms with E-state index < -0.39 is 0 Å². The molecule has 0 bridgehead atoms. The molecule has 0 aliphatic rings. The summed E-state index contributed by atoms with van der Waals surface area (Å²) in [6.07, 6.45) is 1.75. The maximum atomic E-state index is 4.10.